The van der Waals surface area contributed by atoms with E-state index in [9.17, 15) is 5.11 Å². The summed E-state index contributed by atoms with van der Waals surface area (Å²) < 4.78 is 5.88. The molecule has 0 saturated carbocycles. The quantitative estimate of drug-likeness (QED) is 0.667. The van der Waals surface area contributed by atoms with Crippen molar-refractivity contribution in [2.45, 2.75) is 18.4 Å². The monoisotopic (exact) mass is 363 g/mol. The van der Waals surface area contributed by atoms with Gasteiger partial charge in [0.2, 0.25) is 0 Å². The normalized spacial score (nSPS) is 22.4. The molecule has 0 aliphatic carbocycles. The van der Waals surface area contributed by atoms with Crippen LogP contribution in [0.5, 0.6) is 11.5 Å². The average molecular weight is 363 g/mol. The van der Waals surface area contributed by atoms with Crippen molar-refractivity contribution in [3.8, 4) is 11.5 Å². The van der Waals surface area contributed by atoms with E-state index in [2.05, 4.69) is 15.2 Å². The van der Waals surface area contributed by atoms with Gasteiger partial charge in [0.15, 0.2) is 0 Å². The van der Waals surface area contributed by atoms with Crippen LogP contribution in [0, 0.1) is 0 Å². The number of ether oxygens (including phenoxy) is 1. The number of benzene rings is 2. The van der Waals surface area contributed by atoms with Gasteiger partial charge in [0, 0.05) is 42.8 Å². The van der Waals surface area contributed by atoms with Gasteiger partial charge in [0.05, 0.1) is 5.54 Å². The maximum absolute atomic E-state index is 9.89. The van der Waals surface area contributed by atoms with Gasteiger partial charge in [-0.3, -0.25) is 4.90 Å². The summed E-state index contributed by atoms with van der Waals surface area (Å²) in [5, 5.41) is 14.8. The number of phenolic OH excluding ortho intramolecular Hbond substituents is 1. The van der Waals surface area contributed by atoms with Crippen molar-refractivity contribution < 1.29 is 9.84 Å². The SMILES string of the molecule is Oc1ccc2[nH]c3c(c2c1)CCNC31CCN(CCOc2ccccc2)C1. The van der Waals surface area contributed by atoms with Crippen LogP contribution >= 0.6 is 0 Å². The fourth-order valence-electron chi connectivity index (χ4n) is 4.66. The summed E-state index contributed by atoms with van der Waals surface area (Å²) in [6, 6.07) is 15.6. The zero-order valence-corrected chi connectivity index (χ0v) is 15.4. The van der Waals surface area contributed by atoms with Crippen molar-refractivity contribution in [1.29, 1.82) is 0 Å². The molecule has 27 heavy (non-hydrogen) atoms. The second-order valence-corrected chi connectivity index (χ2v) is 7.65. The third-order valence-electron chi connectivity index (χ3n) is 5.97. The number of hydrogen-bond donors (Lipinski definition) is 3. The predicted octanol–water partition coefficient (Wildman–Crippen LogP) is 3.00. The van der Waals surface area contributed by atoms with E-state index in [0.29, 0.717) is 12.4 Å². The number of aromatic amines is 1. The maximum atomic E-state index is 9.89. The lowest BCUT2D eigenvalue weighted by atomic mass is 9.86. The third-order valence-corrected chi connectivity index (χ3v) is 5.97. The van der Waals surface area contributed by atoms with E-state index in [4.69, 9.17) is 4.74 Å². The van der Waals surface area contributed by atoms with Crippen molar-refractivity contribution >= 4 is 10.9 Å². The number of nitrogens with one attached hydrogen (secondary N) is 2. The van der Waals surface area contributed by atoms with Crippen LogP contribution in [-0.4, -0.2) is 47.8 Å². The van der Waals surface area contributed by atoms with Crippen LogP contribution in [-0.2, 0) is 12.0 Å². The van der Waals surface area contributed by atoms with Gasteiger partial charge in [-0.15, -0.1) is 0 Å². The molecule has 1 unspecified atom stereocenters. The zero-order chi connectivity index (χ0) is 18.3. The lowest BCUT2D eigenvalue weighted by molar-refractivity contribution is 0.218. The molecule has 140 valence electrons. The van der Waals surface area contributed by atoms with Crippen LogP contribution in [0.1, 0.15) is 17.7 Å². The van der Waals surface area contributed by atoms with Crippen LogP contribution in [0.2, 0.25) is 0 Å². The number of fused-ring (bicyclic) bond motifs is 4. The molecule has 1 saturated heterocycles. The van der Waals surface area contributed by atoms with E-state index in [1.807, 2.05) is 42.5 Å². The molecule has 2 aliphatic heterocycles. The molecule has 2 aromatic carbocycles. The van der Waals surface area contributed by atoms with E-state index in [0.717, 1.165) is 55.7 Å². The minimum atomic E-state index is -0.0189. The molecular formula is C22H25N3O2. The molecule has 5 nitrogen and oxygen atoms in total. The molecule has 1 atom stereocenters. The number of phenols is 1. The molecule has 1 aromatic heterocycles. The number of rotatable bonds is 4. The number of nitrogens with zero attached hydrogens (tertiary/aromatic N) is 1. The second-order valence-electron chi connectivity index (χ2n) is 7.65. The van der Waals surface area contributed by atoms with Crippen molar-refractivity contribution in [1.82, 2.24) is 15.2 Å². The smallest absolute Gasteiger partial charge is 0.119 e. The summed E-state index contributed by atoms with van der Waals surface area (Å²) in [5.74, 6) is 1.27. The zero-order valence-electron chi connectivity index (χ0n) is 15.4. The van der Waals surface area contributed by atoms with Crippen LogP contribution in [0.3, 0.4) is 0 Å². The topological polar surface area (TPSA) is 60.5 Å². The van der Waals surface area contributed by atoms with Gasteiger partial charge < -0.3 is 20.1 Å². The molecule has 3 aromatic rings. The van der Waals surface area contributed by atoms with Crippen LogP contribution < -0.4 is 10.1 Å². The first kappa shape index (κ1) is 16.7. The Morgan fingerprint density at radius 2 is 2.04 bits per heavy atom. The first-order chi connectivity index (χ1) is 13.2. The fraction of sp³-hybridized carbons (Fsp3) is 0.364. The van der Waals surface area contributed by atoms with E-state index in [1.165, 1.54) is 11.3 Å². The van der Waals surface area contributed by atoms with Crippen LogP contribution in [0.15, 0.2) is 48.5 Å². The molecule has 1 spiro atoms. The summed E-state index contributed by atoms with van der Waals surface area (Å²) in [6.45, 7) is 4.65. The predicted molar refractivity (Wildman–Crippen MR) is 106 cm³/mol. The van der Waals surface area contributed by atoms with E-state index in [1.54, 1.807) is 6.07 Å². The number of H-pyrrole nitrogens is 1. The Bertz CT molecular complexity index is 953. The van der Waals surface area contributed by atoms with E-state index in [-0.39, 0.29) is 5.54 Å². The Hall–Kier alpha value is -2.50. The highest BCUT2D eigenvalue weighted by Crippen LogP contribution is 2.40. The van der Waals surface area contributed by atoms with Crippen molar-refractivity contribution in [3.63, 3.8) is 0 Å². The fourth-order valence-corrected chi connectivity index (χ4v) is 4.66. The summed E-state index contributed by atoms with van der Waals surface area (Å²) >= 11 is 0. The number of aromatic hydroxyl groups is 1. The number of aromatic nitrogens is 1. The summed E-state index contributed by atoms with van der Waals surface area (Å²) in [7, 11) is 0. The lowest BCUT2D eigenvalue weighted by Crippen LogP contribution is -2.49. The Morgan fingerprint density at radius 1 is 1.15 bits per heavy atom. The molecule has 3 N–H and O–H groups in total. The van der Waals surface area contributed by atoms with Crippen molar-refractivity contribution in [2.75, 3.05) is 32.8 Å². The summed E-state index contributed by atoms with van der Waals surface area (Å²) in [6.07, 6.45) is 2.09. The highest BCUT2D eigenvalue weighted by molar-refractivity contribution is 5.86. The molecule has 3 heterocycles. The molecule has 0 amide bonds. The Morgan fingerprint density at radius 3 is 2.93 bits per heavy atom. The van der Waals surface area contributed by atoms with Gasteiger partial charge in [0.25, 0.3) is 0 Å². The van der Waals surface area contributed by atoms with Crippen molar-refractivity contribution in [2.24, 2.45) is 0 Å². The number of para-hydroxylation sites is 1. The van der Waals surface area contributed by atoms with Gasteiger partial charge in [-0.1, -0.05) is 18.2 Å². The Balaban J connectivity index is 1.33. The average Bonchev–Trinajstić information content (AvgIpc) is 3.26. The van der Waals surface area contributed by atoms with Gasteiger partial charge in [0.1, 0.15) is 18.1 Å². The number of likely N-dealkylation sites (tertiary alicyclic amines) is 1. The second kappa shape index (κ2) is 6.59. The van der Waals surface area contributed by atoms with E-state index < -0.39 is 0 Å². The molecular weight excluding hydrogens is 338 g/mol. The highest BCUT2D eigenvalue weighted by Gasteiger charge is 2.43. The molecule has 5 heteroatoms. The van der Waals surface area contributed by atoms with Gasteiger partial charge in [-0.25, -0.2) is 0 Å². The first-order valence-electron chi connectivity index (χ1n) is 9.73. The minimum absolute atomic E-state index is 0.0189. The van der Waals surface area contributed by atoms with Crippen LogP contribution in [0.4, 0.5) is 0 Å². The lowest BCUT2D eigenvalue weighted by Gasteiger charge is -2.35. The van der Waals surface area contributed by atoms with Crippen LogP contribution in [0.25, 0.3) is 10.9 Å². The van der Waals surface area contributed by atoms with Crippen molar-refractivity contribution in [3.05, 3.63) is 59.8 Å². The Kier molecular flexibility index (Phi) is 4.06. The van der Waals surface area contributed by atoms with Gasteiger partial charge in [-0.05, 0) is 48.7 Å². The summed E-state index contributed by atoms with van der Waals surface area (Å²) in [4.78, 5) is 6.13. The van der Waals surface area contributed by atoms with E-state index >= 15 is 0 Å². The van der Waals surface area contributed by atoms with Gasteiger partial charge in [-0.2, -0.15) is 0 Å². The molecule has 1 fully saturated rings. The third kappa shape index (κ3) is 2.97. The molecule has 5 rings (SSSR count). The number of hydrogen-bond acceptors (Lipinski definition) is 4. The Labute approximate surface area is 159 Å². The molecule has 0 bridgehead atoms. The molecule has 0 radical (unpaired) electrons. The maximum Gasteiger partial charge on any atom is 0.119 e. The standard InChI is InChI=1S/C22H25N3O2/c26-16-6-7-20-19(14-16)18-8-10-23-22(21(18)24-20)9-11-25(15-22)12-13-27-17-4-2-1-3-5-17/h1-7,14,23-24,26H,8-13,15H2. The minimum Gasteiger partial charge on any atom is -0.508 e. The first-order valence-corrected chi connectivity index (χ1v) is 9.73. The summed E-state index contributed by atoms with van der Waals surface area (Å²) in [5.41, 5.74) is 3.77. The molecule has 2 aliphatic rings. The van der Waals surface area contributed by atoms with Gasteiger partial charge >= 0.3 is 0 Å². The largest absolute Gasteiger partial charge is 0.508 e. The highest BCUT2D eigenvalue weighted by atomic mass is 16.5.